The predicted octanol–water partition coefficient (Wildman–Crippen LogP) is 2.35. The molecule has 92 valence electrons. The van der Waals surface area contributed by atoms with Crippen LogP contribution in [-0.2, 0) is 16.7 Å². The van der Waals surface area contributed by atoms with Gasteiger partial charge in [0.25, 0.3) is 5.16 Å². The maximum absolute atomic E-state index is 11.2. The van der Waals surface area contributed by atoms with E-state index >= 15 is 0 Å². The zero-order valence-electron chi connectivity index (χ0n) is 9.09. The Labute approximate surface area is 104 Å². The fourth-order valence-electron chi connectivity index (χ4n) is 1.72. The number of halogens is 1. The number of fused-ring (bicyclic) bond motifs is 1. The Morgan fingerprint density at radius 3 is 2.76 bits per heavy atom. The van der Waals surface area contributed by atoms with E-state index in [1.54, 1.807) is 18.2 Å². The van der Waals surface area contributed by atoms with Gasteiger partial charge in [-0.05, 0) is 24.6 Å². The van der Waals surface area contributed by atoms with Gasteiger partial charge in [0, 0.05) is 11.6 Å². The normalized spacial score (nSPS) is 12.2. The lowest BCUT2D eigenvalue weighted by atomic mass is 10.3. The number of aryl methyl sites for hydroxylation is 1. The lowest BCUT2D eigenvalue weighted by Gasteiger charge is -2.04. The van der Waals surface area contributed by atoms with Crippen molar-refractivity contribution in [1.82, 2.24) is 9.55 Å². The maximum atomic E-state index is 11.2. The fourth-order valence-corrected chi connectivity index (χ4v) is 2.57. The summed E-state index contributed by atoms with van der Waals surface area (Å²) in [4.78, 5) is 3.90. The van der Waals surface area contributed by atoms with Crippen molar-refractivity contribution in [3.8, 4) is 0 Å². The number of rotatable bonds is 3. The third-order valence-electron chi connectivity index (χ3n) is 2.35. The molecule has 0 aliphatic carbocycles. The van der Waals surface area contributed by atoms with Gasteiger partial charge in [0.1, 0.15) is 0 Å². The maximum Gasteiger partial charge on any atom is 0.328 e. The van der Waals surface area contributed by atoms with Crippen molar-refractivity contribution in [2.75, 3.05) is 0 Å². The van der Waals surface area contributed by atoms with Crippen LogP contribution in [0, 0.1) is 0 Å². The van der Waals surface area contributed by atoms with Crippen LogP contribution < -0.4 is 0 Å². The molecule has 1 aromatic carbocycles. The summed E-state index contributed by atoms with van der Waals surface area (Å²) < 4.78 is 33.0. The summed E-state index contributed by atoms with van der Waals surface area (Å²) in [6.07, 6.45) is 0.733. The number of nitrogens with zero attached hydrogens (tertiary/aromatic N) is 2. The summed E-state index contributed by atoms with van der Waals surface area (Å²) in [5.41, 5.74) is 1.10. The summed E-state index contributed by atoms with van der Waals surface area (Å²) in [7, 11) is -4.32. The molecule has 0 amide bonds. The van der Waals surface area contributed by atoms with Crippen molar-refractivity contribution in [2.45, 2.75) is 25.0 Å². The third kappa shape index (κ3) is 2.29. The van der Waals surface area contributed by atoms with Gasteiger partial charge in [0.2, 0.25) is 0 Å². The van der Waals surface area contributed by atoms with E-state index in [-0.39, 0.29) is 5.16 Å². The molecule has 0 unspecified atom stereocenters. The van der Waals surface area contributed by atoms with E-state index in [9.17, 15) is 8.42 Å². The first-order valence-corrected chi connectivity index (χ1v) is 6.88. The molecule has 2 rings (SSSR count). The van der Waals surface area contributed by atoms with Crippen molar-refractivity contribution in [1.29, 1.82) is 0 Å². The Balaban J connectivity index is 2.79. The number of imidazole rings is 1. The topological polar surface area (TPSA) is 72.2 Å². The van der Waals surface area contributed by atoms with Crippen LogP contribution in [0.3, 0.4) is 0 Å². The second-order valence-corrected chi connectivity index (χ2v) is 5.41. The van der Waals surface area contributed by atoms with E-state index in [1.807, 2.05) is 6.92 Å². The summed E-state index contributed by atoms with van der Waals surface area (Å²) >= 11 is 5.81. The molecule has 0 atom stereocenters. The minimum Gasteiger partial charge on any atom is -0.313 e. The van der Waals surface area contributed by atoms with Gasteiger partial charge in [-0.25, -0.2) is 4.98 Å². The molecule has 1 N–H and O–H groups in total. The quantitative estimate of drug-likeness (QED) is 0.872. The first kappa shape index (κ1) is 12.3. The molecule has 0 saturated heterocycles. The first-order valence-electron chi connectivity index (χ1n) is 5.06. The first-order chi connectivity index (χ1) is 7.93. The van der Waals surface area contributed by atoms with Crippen LogP contribution in [0.4, 0.5) is 0 Å². The number of aromatic nitrogens is 2. The van der Waals surface area contributed by atoms with Crippen LogP contribution in [-0.4, -0.2) is 22.5 Å². The largest absolute Gasteiger partial charge is 0.328 e. The van der Waals surface area contributed by atoms with Gasteiger partial charge in [-0.1, -0.05) is 18.5 Å². The molecular formula is C10H11ClN2O3S. The summed E-state index contributed by atoms with van der Waals surface area (Å²) in [6, 6.07) is 4.91. The number of hydrogen-bond acceptors (Lipinski definition) is 3. The van der Waals surface area contributed by atoms with Crippen LogP contribution in [0.5, 0.6) is 0 Å². The molecule has 0 radical (unpaired) electrons. The van der Waals surface area contributed by atoms with Crippen molar-refractivity contribution < 1.29 is 13.0 Å². The summed E-state index contributed by atoms with van der Waals surface area (Å²) in [5, 5.41) is 0.136. The van der Waals surface area contributed by atoms with Crippen LogP contribution in [0.15, 0.2) is 23.4 Å². The van der Waals surface area contributed by atoms with Crippen molar-refractivity contribution in [3.05, 3.63) is 23.2 Å². The molecule has 17 heavy (non-hydrogen) atoms. The molecule has 1 heterocycles. The third-order valence-corrected chi connectivity index (χ3v) is 3.36. The van der Waals surface area contributed by atoms with Crippen molar-refractivity contribution >= 4 is 32.8 Å². The monoisotopic (exact) mass is 274 g/mol. The lowest BCUT2D eigenvalue weighted by molar-refractivity contribution is 0.463. The molecule has 7 heteroatoms. The Morgan fingerprint density at radius 1 is 1.47 bits per heavy atom. The molecule has 0 spiro atoms. The zero-order valence-corrected chi connectivity index (χ0v) is 10.7. The lowest BCUT2D eigenvalue weighted by Crippen LogP contribution is -2.09. The molecule has 5 nitrogen and oxygen atoms in total. The molecule has 1 aromatic heterocycles. The molecule has 0 aliphatic rings. The second kappa shape index (κ2) is 4.29. The Morgan fingerprint density at radius 2 is 2.18 bits per heavy atom. The second-order valence-electron chi connectivity index (χ2n) is 3.65. The van der Waals surface area contributed by atoms with Crippen LogP contribution in [0.2, 0.25) is 5.02 Å². The van der Waals surface area contributed by atoms with Crippen molar-refractivity contribution in [3.63, 3.8) is 0 Å². The number of benzene rings is 1. The van der Waals surface area contributed by atoms with E-state index in [0.717, 1.165) is 6.42 Å². The van der Waals surface area contributed by atoms with Gasteiger partial charge >= 0.3 is 10.1 Å². The summed E-state index contributed by atoms with van der Waals surface area (Å²) in [5.74, 6) is 0. The molecule has 2 aromatic rings. The van der Waals surface area contributed by atoms with E-state index < -0.39 is 10.1 Å². The Hall–Kier alpha value is -1.11. The molecule has 0 saturated carbocycles. The summed E-state index contributed by atoms with van der Waals surface area (Å²) in [6.45, 7) is 2.38. The SMILES string of the molecule is CCCn1c(S(=O)(=O)O)nc2cc(Cl)ccc21. The average molecular weight is 275 g/mol. The average Bonchev–Trinajstić information content (AvgIpc) is 2.56. The molecule has 0 bridgehead atoms. The van der Waals surface area contributed by atoms with Crippen LogP contribution in [0.1, 0.15) is 13.3 Å². The van der Waals surface area contributed by atoms with E-state index in [2.05, 4.69) is 4.98 Å². The van der Waals surface area contributed by atoms with Crippen molar-refractivity contribution in [2.24, 2.45) is 0 Å². The minimum absolute atomic E-state index is 0.336. The van der Waals surface area contributed by atoms with E-state index in [1.165, 1.54) is 4.57 Å². The molecule has 0 fully saturated rings. The van der Waals surface area contributed by atoms with Gasteiger partial charge in [-0.2, -0.15) is 8.42 Å². The van der Waals surface area contributed by atoms with Crippen LogP contribution >= 0.6 is 11.6 Å². The Kier molecular flexibility index (Phi) is 3.11. The smallest absolute Gasteiger partial charge is 0.313 e. The van der Waals surface area contributed by atoms with E-state index in [0.29, 0.717) is 22.6 Å². The number of hydrogen-bond donors (Lipinski definition) is 1. The van der Waals surface area contributed by atoms with E-state index in [4.69, 9.17) is 16.2 Å². The van der Waals surface area contributed by atoms with Gasteiger partial charge in [0.15, 0.2) is 0 Å². The Bertz CT molecular complexity index is 663. The predicted molar refractivity (Wildman–Crippen MR) is 64.8 cm³/mol. The molecular weight excluding hydrogens is 264 g/mol. The fraction of sp³-hybridized carbons (Fsp3) is 0.300. The zero-order chi connectivity index (χ0) is 12.6. The van der Waals surface area contributed by atoms with Gasteiger partial charge in [-0.15, -0.1) is 0 Å². The highest BCUT2D eigenvalue weighted by Gasteiger charge is 2.20. The molecule has 0 aliphatic heterocycles. The highest BCUT2D eigenvalue weighted by atomic mass is 35.5. The minimum atomic E-state index is -4.32. The highest BCUT2D eigenvalue weighted by Crippen LogP contribution is 2.23. The van der Waals surface area contributed by atoms with Gasteiger partial charge in [-0.3, -0.25) is 4.55 Å². The van der Waals surface area contributed by atoms with Gasteiger partial charge in [0.05, 0.1) is 11.0 Å². The highest BCUT2D eigenvalue weighted by molar-refractivity contribution is 7.85. The van der Waals surface area contributed by atoms with Gasteiger partial charge < -0.3 is 4.57 Å². The standard InChI is InChI=1S/C10H11ClN2O3S/c1-2-5-13-9-4-3-7(11)6-8(9)12-10(13)17(14,15)16/h3-4,6H,2,5H2,1H3,(H,14,15,16). The van der Waals surface area contributed by atoms with Crippen LogP contribution in [0.25, 0.3) is 11.0 Å².